The number of aromatic hydroxyl groups is 1. The Hall–Kier alpha value is -4.33. The van der Waals surface area contributed by atoms with Gasteiger partial charge in [0.25, 0.3) is 0 Å². The number of phenolic OH excluding ortho intramolecular Hbond substituents is 1. The molecule has 0 atom stereocenters. The van der Waals surface area contributed by atoms with Crippen LogP contribution in [0.3, 0.4) is 0 Å². The first-order chi connectivity index (χ1) is 15.5. The van der Waals surface area contributed by atoms with Crippen LogP contribution in [0.15, 0.2) is 72.9 Å². The highest BCUT2D eigenvalue weighted by Crippen LogP contribution is 2.38. The molecule has 0 aliphatic heterocycles. The van der Waals surface area contributed by atoms with Crippen LogP contribution in [0.4, 0.5) is 10.3 Å². The van der Waals surface area contributed by atoms with Crippen molar-refractivity contribution in [1.29, 1.82) is 0 Å². The van der Waals surface area contributed by atoms with E-state index in [0.717, 1.165) is 5.56 Å². The van der Waals surface area contributed by atoms with Crippen LogP contribution in [0.25, 0.3) is 11.3 Å². The number of nitrogen functional groups attached to an aromatic ring is 1. The zero-order valence-corrected chi connectivity index (χ0v) is 17.2. The van der Waals surface area contributed by atoms with Crippen molar-refractivity contribution in [3.05, 3.63) is 84.3 Å². The number of nitrogens with two attached hydrogens (primary N) is 1. The lowest BCUT2D eigenvalue weighted by Crippen LogP contribution is -2.00. The molecule has 4 aromatic rings. The summed E-state index contributed by atoms with van der Waals surface area (Å²) in [6, 6.07) is 17.8. The van der Waals surface area contributed by atoms with Gasteiger partial charge in [0.1, 0.15) is 41.1 Å². The molecule has 0 aliphatic rings. The molecule has 1 aromatic heterocycles. The minimum atomic E-state index is -0.312. The van der Waals surface area contributed by atoms with Crippen molar-refractivity contribution in [1.82, 2.24) is 9.97 Å². The van der Waals surface area contributed by atoms with Crippen molar-refractivity contribution < 1.29 is 23.7 Å². The van der Waals surface area contributed by atoms with Crippen molar-refractivity contribution in [2.24, 2.45) is 0 Å². The van der Waals surface area contributed by atoms with E-state index in [1.54, 1.807) is 55.6 Å². The van der Waals surface area contributed by atoms with Crippen LogP contribution in [0.1, 0.15) is 5.56 Å². The van der Waals surface area contributed by atoms with Crippen LogP contribution in [-0.4, -0.2) is 22.2 Å². The number of rotatable bonds is 7. The lowest BCUT2D eigenvalue weighted by molar-refractivity contribution is 0.304. The molecule has 3 aromatic carbocycles. The molecule has 1 heterocycles. The van der Waals surface area contributed by atoms with Crippen molar-refractivity contribution >= 4 is 5.95 Å². The monoisotopic (exact) mass is 433 g/mol. The fraction of sp³-hybridized carbons (Fsp3) is 0.0833. The van der Waals surface area contributed by atoms with Gasteiger partial charge in [0.15, 0.2) is 5.75 Å². The van der Waals surface area contributed by atoms with Crippen LogP contribution in [0.2, 0.25) is 0 Å². The zero-order chi connectivity index (χ0) is 22.5. The standard InChI is InChI=1S/C24H20FN3O4/c1-30-17-6-8-18(9-7-17)32-22-13-27-24(26)28-23(22)20-11-10-19(12-21(20)29)31-14-15-2-4-16(25)5-3-15/h2-13,29H,14H2,1H3,(H2,26,27,28). The number of phenols is 1. The minimum absolute atomic E-state index is 0.0399. The summed E-state index contributed by atoms with van der Waals surface area (Å²) in [6.45, 7) is 0.228. The SMILES string of the molecule is COc1ccc(Oc2cnc(N)nc2-c2ccc(OCc3ccc(F)cc3)cc2O)cc1. The van der Waals surface area contributed by atoms with E-state index in [4.69, 9.17) is 19.9 Å². The Bertz CT molecular complexity index is 1220. The van der Waals surface area contributed by atoms with Gasteiger partial charge in [-0.05, 0) is 54.1 Å². The maximum atomic E-state index is 13.0. The molecular formula is C24H20FN3O4. The molecule has 8 heteroatoms. The number of halogens is 1. The van der Waals surface area contributed by atoms with Crippen LogP contribution < -0.4 is 19.9 Å². The molecule has 0 amide bonds. The van der Waals surface area contributed by atoms with Crippen LogP contribution >= 0.6 is 0 Å². The number of hydrogen-bond donors (Lipinski definition) is 2. The summed E-state index contributed by atoms with van der Waals surface area (Å²) in [5, 5.41) is 10.6. The predicted molar refractivity (Wildman–Crippen MR) is 117 cm³/mol. The smallest absolute Gasteiger partial charge is 0.220 e. The summed E-state index contributed by atoms with van der Waals surface area (Å²) < 4.78 is 29.8. The van der Waals surface area contributed by atoms with Crippen molar-refractivity contribution in [2.45, 2.75) is 6.61 Å². The van der Waals surface area contributed by atoms with Crippen LogP contribution in [-0.2, 0) is 6.61 Å². The molecule has 32 heavy (non-hydrogen) atoms. The summed E-state index contributed by atoms with van der Waals surface area (Å²) in [5.74, 6) is 1.65. The predicted octanol–water partition coefficient (Wildman–Crippen LogP) is 4.95. The molecule has 0 fully saturated rings. The highest BCUT2D eigenvalue weighted by molar-refractivity contribution is 5.73. The average molecular weight is 433 g/mol. The van der Waals surface area contributed by atoms with Gasteiger partial charge in [-0.3, -0.25) is 0 Å². The molecule has 7 nitrogen and oxygen atoms in total. The third-order valence-electron chi connectivity index (χ3n) is 4.60. The number of anilines is 1. The molecule has 3 N–H and O–H groups in total. The van der Waals surface area contributed by atoms with E-state index in [9.17, 15) is 9.50 Å². The van der Waals surface area contributed by atoms with Crippen LogP contribution in [0, 0.1) is 5.82 Å². The number of ether oxygens (including phenoxy) is 3. The van der Waals surface area contributed by atoms with Crippen molar-refractivity contribution in [2.75, 3.05) is 12.8 Å². The first kappa shape index (κ1) is 20.9. The third-order valence-corrected chi connectivity index (χ3v) is 4.60. The van der Waals surface area contributed by atoms with Crippen molar-refractivity contribution in [3.63, 3.8) is 0 Å². The van der Waals surface area contributed by atoms with E-state index < -0.39 is 0 Å². The highest BCUT2D eigenvalue weighted by Gasteiger charge is 2.16. The lowest BCUT2D eigenvalue weighted by Gasteiger charge is -2.13. The number of methoxy groups -OCH3 is 1. The van der Waals surface area contributed by atoms with Gasteiger partial charge in [0.2, 0.25) is 5.95 Å². The molecule has 0 saturated heterocycles. The summed E-state index contributed by atoms with van der Waals surface area (Å²) in [7, 11) is 1.58. The first-order valence-corrected chi connectivity index (χ1v) is 9.67. The average Bonchev–Trinajstić information content (AvgIpc) is 2.80. The summed E-state index contributed by atoms with van der Waals surface area (Å²) in [4.78, 5) is 8.24. The summed E-state index contributed by atoms with van der Waals surface area (Å²) in [6.07, 6.45) is 1.44. The largest absolute Gasteiger partial charge is 0.507 e. The van der Waals surface area contributed by atoms with E-state index in [1.807, 2.05) is 0 Å². The van der Waals surface area contributed by atoms with Gasteiger partial charge in [0.05, 0.1) is 13.3 Å². The van der Waals surface area contributed by atoms with Gasteiger partial charge in [-0.2, -0.15) is 0 Å². The summed E-state index contributed by atoms with van der Waals surface area (Å²) in [5.41, 5.74) is 7.30. The number of nitrogens with zero attached hydrogens (tertiary/aromatic N) is 2. The minimum Gasteiger partial charge on any atom is -0.507 e. The van der Waals surface area contributed by atoms with Gasteiger partial charge < -0.3 is 25.1 Å². The van der Waals surface area contributed by atoms with Gasteiger partial charge in [-0.1, -0.05) is 12.1 Å². The van der Waals surface area contributed by atoms with E-state index in [1.165, 1.54) is 24.4 Å². The second-order valence-electron chi connectivity index (χ2n) is 6.81. The fourth-order valence-electron chi connectivity index (χ4n) is 2.97. The molecule has 0 saturated carbocycles. The molecule has 4 rings (SSSR count). The third kappa shape index (κ3) is 4.86. The molecule has 0 aliphatic carbocycles. The van der Waals surface area contributed by atoms with Gasteiger partial charge in [0, 0.05) is 11.6 Å². The second-order valence-corrected chi connectivity index (χ2v) is 6.81. The molecular weight excluding hydrogens is 413 g/mol. The molecule has 0 spiro atoms. The Kier molecular flexibility index (Phi) is 6.03. The normalized spacial score (nSPS) is 10.6. The molecule has 0 radical (unpaired) electrons. The first-order valence-electron chi connectivity index (χ1n) is 9.67. The Morgan fingerprint density at radius 3 is 2.31 bits per heavy atom. The van der Waals surface area contributed by atoms with Gasteiger partial charge >= 0.3 is 0 Å². The van der Waals surface area contributed by atoms with E-state index in [-0.39, 0.29) is 24.1 Å². The van der Waals surface area contributed by atoms with Crippen molar-refractivity contribution in [3.8, 4) is 40.0 Å². The number of hydrogen-bond acceptors (Lipinski definition) is 7. The van der Waals surface area contributed by atoms with E-state index >= 15 is 0 Å². The maximum Gasteiger partial charge on any atom is 0.220 e. The summed E-state index contributed by atoms with van der Waals surface area (Å²) >= 11 is 0. The van der Waals surface area contributed by atoms with E-state index in [2.05, 4.69) is 9.97 Å². The number of aromatic nitrogens is 2. The Labute approximate surface area is 183 Å². The zero-order valence-electron chi connectivity index (χ0n) is 17.2. The fourth-order valence-corrected chi connectivity index (χ4v) is 2.97. The van der Waals surface area contributed by atoms with Gasteiger partial charge in [-0.25, -0.2) is 14.4 Å². The Morgan fingerprint density at radius 1 is 0.938 bits per heavy atom. The molecule has 0 bridgehead atoms. The quantitative estimate of drug-likeness (QED) is 0.425. The second kappa shape index (κ2) is 9.22. The lowest BCUT2D eigenvalue weighted by atomic mass is 10.1. The highest BCUT2D eigenvalue weighted by atomic mass is 19.1. The number of benzene rings is 3. The van der Waals surface area contributed by atoms with Gasteiger partial charge in [-0.15, -0.1) is 0 Å². The Balaban J connectivity index is 1.56. The van der Waals surface area contributed by atoms with Crippen LogP contribution in [0.5, 0.6) is 28.7 Å². The topological polar surface area (TPSA) is 99.7 Å². The molecule has 0 unspecified atom stereocenters. The Morgan fingerprint density at radius 2 is 1.62 bits per heavy atom. The molecule has 162 valence electrons. The van der Waals surface area contributed by atoms with E-state index in [0.29, 0.717) is 34.3 Å². The maximum absolute atomic E-state index is 13.0.